The fourth-order valence-corrected chi connectivity index (χ4v) is 0.735. The van der Waals surface area contributed by atoms with E-state index in [1.807, 2.05) is 5.10 Å². The summed E-state index contributed by atoms with van der Waals surface area (Å²) in [5.41, 5.74) is 5.04. The number of nitrogen functional groups attached to an aromatic ring is 1. The van der Waals surface area contributed by atoms with Crippen molar-refractivity contribution in [3.63, 3.8) is 0 Å². The van der Waals surface area contributed by atoms with Crippen LogP contribution in [0.2, 0.25) is 0 Å². The molecule has 0 aliphatic carbocycles. The Morgan fingerprint density at radius 2 is 2.19 bits per heavy atom. The molecule has 0 aliphatic heterocycles. The average molecular weight is 241 g/mol. The molecule has 0 atom stereocenters. The minimum atomic E-state index is -4.29. The lowest BCUT2D eigenvalue weighted by molar-refractivity contribution is -0.123. The molecular formula is C6H7F4N5O. The van der Waals surface area contributed by atoms with Gasteiger partial charge in [0.2, 0.25) is 11.8 Å². The van der Waals surface area contributed by atoms with Crippen LogP contribution in [0, 0.1) is 0 Å². The van der Waals surface area contributed by atoms with E-state index in [0.717, 1.165) is 0 Å². The van der Waals surface area contributed by atoms with Crippen molar-refractivity contribution in [1.29, 1.82) is 0 Å². The summed E-state index contributed by atoms with van der Waals surface area (Å²) in [7, 11) is 0. The number of nitrogens with zero attached hydrogens (tertiary/aromatic N) is 2. The van der Waals surface area contributed by atoms with Gasteiger partial charge in [0, 0.05) is 0 Å². The van der Waals surface area contributed by atoms with Gasteiger partial charge >= 0.3 is 12.3 Å². The van der Waals surface area contributed by atoms with Crippen LogP contribution < -0.4 is 11.1 Å². The number of hydrogen-bond acceptors (Lipinski definition) is 4. The maximum Gasteiger partial charge on any atom is 0.324 e. The van der Waals surface area contributed by atoms with Crippen LogP contribution in [-0.2, 0) is 0 Å². The van der Waals surface area contributed by atoms with Gasteiger partial charge in [-0.25, -0.2) is 8.78 Å². The summed E-state index contributed by atoms with van der Waals surface area (Å²) in [5, 5.41) is 6.88. The summed E-state index contributed by atoms with van der Waals surface area (Å²) >= 11 is 0. The lowest BCUT2D eigenvalue weighted by Crippen LogP contribution is -2.41. The summed E-state index contributed by atoms with van der Waals surface area (Å²) in [6, 6.07) is 0. The molecule has 0 aliphatic rings. The molecule has 0 saturated carbocycles. The van der Waals surface area contributed by atoms with Gasteiger partial charge in [-0.05, 0) is 0 Å². The van der Waals surface area contributed by atoms with Crippen LogP contribution in [0.1, 0.15) is 10.6 Å². The molecule has 0 radical (unpaired) electrons. The number of nitrogens with two attached hydrogens (primary N) is 1. The second-order valence-corrected chi connectivity index (χ2v) is 2.79. The van der Waals surface area contributed by atoms with E-state index in [9.17, 15) is 22.4 Å². The molecule has 1 rings (SSSR count). The largest absolute Gasteiger partial charge is 0.366 e. The normalized spacial score (nSPS) is 11.8. The zero-order valence-electron chi connectivity index (χ0n) is 7.68. The van der Waals surface area contributed by atoms with E-state index >= 15 is 0 Å². The summed E-state index contributed by atoms with van der Waals surface area (Å²) in [4.78, 5) is 14.4. The molecule has 6 nitrogen and oxygen atoms in total. The average Bonchev–Trinajstić information content (AvgIpc) is 2.61. The SMILES string of the molecule is Nc1n[nH]c(C(=O)NCC(F)(F)C(F)F)n1. The predicted octanol–water partition coefficient (Wildman–Crippen LogP) is 0.0171. The van der Waals surface area contributed by atoms with Gasteiger partial charge in [-0.1, -0.05) is 0 Å². The Labute approximate surface area is 86.2 Å². The van der Waals surface area contributed by atoms with Crippen molar-refractivity contribution in [1.82, 2.24) is 20.5 Å². The highest BCUT2D eigenvalue weighted by atomic mass is 19.3. The number of anilines is 1. The first-order chi connectivity index (χ1) is 7.33. The lowest BCUT2D eigenvalue weighted by atomic mass is 10.3. The lowest BCUT2D eigenvalue weighted by Gasteiger charge is -2.14. The smallest absolute Gasteiger partial charge is 0.324 e. The summed E-state index contributed by atoms with van der Waals surface area (Å²) in [5.74, 6) is -6.07. The van der Waals surface area contributed by atoms with Crippen LogP contribution in [0.4, 0.5) is 23.5 Å². The zero-order chi connectivity index (χ0) is 12.3. The van der Waals surface area contributed by atoms with Crippen LogP contribution in [0.15, 0.2) is 0 Å². The van der Waals surface area contributed by atoms with E-state index in [-0.39, 0.29) is 5.95 Å². The number of carbonyl (C=O) groups is 1. The molecule has 10 heteroatoms. The Morgan fingerprint density at radius 3 is 2.62 bits per heavy atom. The number of aromatic nitrogens is 3. The third-order valence-corrected chi connectivity index (χ3v) is 1.52. The standard InChI is InChI=1S/C6H7F4N5O/c7-4(8)6(9,10)1-12-3(16)2-13-5(11)15-14-2/h4H,1H2,(H,12,16)(H3,11,13,14,15). The van der Waals surface area contributed by atoms with Crippen LogP contribution in [0.25, 0.3) is 0 Å². The summed E-state index contributed by atoms with van der Waals surface area (Å²) in [6.45, 7) is -1.50. The van der Waals surface area contributed by atoms with Crippen LogP contribution in [-0.4, -0.2) is 40.0 Å². The number of rotatable bonds is 4. The van der Waals surface area contributed by atoms with Gasteiger partial charge in [0.05, 0.1) is 6.54 Å². The third-order valence-electron chi connectivity index (χ3n) is 1.52. The molecule has 16 heavy (non-hydrogen) atoms. The Bertz CT molecular complexity index is 379. The molecule has 1 heterocycles. The number of halogens is 4. The first-order valence-corrected chi connectivity index (χ1v) is 3.95. The van der Waals surface area contributed by atoms with Gasteiger partial charge in [0.15, 0.2) is 0 Å². The highest BCUT2D eigenvalue weighted by Gasteiger charge is 2.41. The molecule has 0 saturated heterocycles. The van der Waals surface area contributed by atoms with E-state index in [1.54, 1.807) is 5.32 Å². The van der Waals surface area contributed by atoms with Crippen molar-refractivity contribution >= 4 is 11.9 Å². The molecule has 1 aromatic heterocycles. The summed E-state index contributed by atoms with van der Waals surface area (Å²) < 4.78 is 48.2. The van der Waals surface area contributed by atoms with Gasteiger partial charge in [0.1, 0.15) is 0 Å². The number of aromatic amines is 1. The van der Waals surface area contributed by atoms with Gasteiger partial charge in [-0.15, -0.1) is 5.10 Å². The first kappa shape index (κ1) is 12.2. The van der Waals surface area contributed by atoms with E-state index in [4.69, 9.17) is 5.73 Å². The Kier molecular flexibility index (Phi) is 3.30. The number of H-pyrrole nitrogens is 1. The topological polar surface area (TPSA) is 96.7 Å². The Balaban J connectivity index is 2.54. The molecule has 1 aromatic rings. The van der Waals surface area contributed by atoms with Crippen molar-refractivity contribution in [2.45, 2.75) is 12.3 Å². The Morgan fingerprint density at radius 1 is 1.56 bits per heavy atom. The maximum atomic E-state index is 12.4. The monoisotopic (exact) mass is 241 g/mol. The molecular weight excluding hydrogens is 234 g/mol. The molecule has 0 fully saturated rings. The molecule has 0 aromatic carbocycles. The van der Waals surface area contributed by atoms with Gasteiger partial charge < -0.3 is 11.1 Å². The molecule has 0 unspecified atom stereocenters. The zero-order valence-corrected chi connectivity index (χ0v) is 7.68. The minimum Gasteiger partial charge on any atom is -0.366 e. The minimum absolute atomic E-state index is 0.259. The number of amides is 1. The van der Waals surface area contributed by atoms with Crippen LogP contribution in [0.3, 0.4) is 0 Å². The van der Waals surface area contributed by atoms with Crippen LogP contribution in [0.5, 0.6) is 0 Å². The number of nitrogens with one attached hydrogen (secondary N) is 2. The highest BCUT2D eigenvalue weighted by molar-refractivity contribution is 5.90. The fraction of sp³-hybridized carbons (Fsp3) is 0.500. The van der Waals surface area contributed by atoms with Crippen LogP contribution >= 0.6 is 0 Å². The van der Waals surface area contributed by atoms with Gasteiger partial charge in [-0.3, -0.25) is 9.89 Å². The van der Waals surface area contributed by atoms with E-state index in [2.05, 4.69) is 10.1 Å². The van der Waals surface area contributed by atoms with Crippen molar-refractivity contribution in [3.05, 3.63) is 5.82 Å². The fourth-order valence-electron chi connectivity index (χ4n) is 0.735. The van der Waals surface area contributed by atoms with Crippen molar-refractivity contribution in [3.8, 4) is 0 Å². The molecule has 0 spiro atoms. The van der Waals surface area contributed by atoms with Crippen molar-refractivity contribution in [2.24, 2.45) is 0 Å². The maximum absolute atomic E-state index is 12.4. The van der Waals surface area contributed by atoms with E-state index < -0.39 is 30.6 Å². The number of alkyl halides is 4. The number of carbonyl (C=O) groups excluding carboxylic acids is 1. The molecule has 1 amide bonds. The molecule has 90 valence electrons. The van der Waals surface area contributed by atoms with Gasteiger partial charge in [0.25, 0.3) is 5.91 Å². The Hall–Kier alpha value is -1.87. The van der Waals surface area contributed by atoms with E-state index in [0.29, 0.717) is 0 Å². The second-order valence-electron chi connectivity index (χ2n) is 2.79. The highest BCUT2D eigenvalue weighted by Crippen LogP contribution is 2.21. The molecule has 4 N–H and O–H groups in total. The predicted molar refractivity (Wildman–Crippen MR) is 44.1 cm³/mol. The third kappa shape index (κ3) is 2.81. The first-order valence-electron chi connectivity index (χ1n) is 3.95. The number of hydrogen-bond donors (Lipinski definition) is 3. The van der Waals surface area contributed by atoms with Crippen molar-refractivity contribution in [2.75, 3.05) is 12.3 Å². The van der Waals surface area contributed by atoms with Gasteiger partial charge in [-0.2, -0.15) is 13.8 Å². The second kappa shape index (κ2) is 4.33. The summed E-state index contributed by atoms with van der Waals surface area (Å²) in [6.07, 6.45) is -3.85. The molecule has 0 bridgehead atoms. The quantitative estimate of drug-likeness (QED) is 0.647. The van der Waals surface area contributed by atoms with Crippen molar-refractivity contribution < 1.29 is 22.4 Å². The van der Waals surface area contributed by atoms with E-state index in [1.165, 1.54) is 0 Å².